The van der Waals surface area contributed by atoms with Crippen molar-refractivity contribution >= 4 is 46.8 Å². The molecular formula is C28H33FN8O5. The van der Waals surface area contributed by atoms with Gasteiger partial charge in [0.1, 0.15) is 23.3 Å². The highest BCUT2D eigenvalue weighted by Crippen LogP contribution is 2.35. The molecule has 2 aromatic heterocycles. The smallest absolute Gasteiger partial charge is 0.410 e. The van der Waals surface area contributed by atoms with Crippen LogP contribution in [0.2, 0.25) is 0 Å². The normalized spacial score (nSPS) is 18.5. The van der Waals surface area contributed by atoms with Gasteiger partial charge in [0.05, 0.1) is 19.4 Å². The van der Waals surface area contributed by atoms with Gasteiger partial charge in [0.25, 0.3) is 0 Å². The summed E-state index contributed by atoms with van der Waals surface area (Å²) in [4.78, 5) is 52.0. The fourth-order valence-electron chi connectivity index (χ4n) is 5.08. The van der Waals surface area contributed by atoms with E-state index in [4.69, 9.17) is 9.84 Å². The highest BCUT2D eigenvalue weighted by molar-refractivity contribution is 5.93. The molecule has 1 aliphatic carbocycles. The number of hydrogen-bond donors (Lipinski definition) is 4. The largest absolute Gasteiger partial charge is 0.465 e. The van der Waals surface area contributed by atoms with Crippen LogP contribution in [0.3, 0.4) is 0 Å². The van der Waals surface area contributed by atoms with Gasteiger partial charge in [-0.3, -0.25) is 10.1 Å². The maximum Gasteiger partial charge on any atom is 0.410 e. The van der Waals surface area contributed by atoms with Gasteiger partial charge in [-0.15, -0.1) is 0 Å². The predicted octanol–water partition coefficient (Wildman–Crippen LogP) is 3.50. The first-order chi connectivity index (χ1) is 19.9. The third-order valence-electron chi connectivity index (χ3n) is 7.14. The Hall–Kier alpha value is -4.75. The standard InChI is InChI=1S/C28H33FN8O5/c1-5-17-18(12-37-15-32-21-22(34-25(39)40)30-14-31-23(21)37)20(9-8-19(17)29)36-11-10-28(13-36,24(38)33-16-6-7-16)35-26(41)42-27(2,3)4/h5,8-9,14-16H,1,6-7,10-13H2,2-4H3,(H,33,38)(H,35,41)(H,39,40)(H,30,31,34)/t28-/m1/s1. The van der Waals surface area contributed by atoms with E-state index in [1.165, 1.54) is 24.8 Å². The van der Waals surface area contributed by atoms with Crippen molar-refractivity contribution in [3.63, 3.8) is 0 Å². The molecule has 5 rings (SSSR count). The molecule has 0 radical (unpaired) electrons. The highest BCUT2D eigenvalue weighted by atomic mass is 19.1. The molecule has 13 nitrogen and oxygen atoms in total. The second kappa shape index (κ2) is 10.9. The number of alkyl carbamates (subject to hydrolysis) is 1. The first-order valence-corrected chi connectivity index (χ1v) is 13.6. The second-order valence-electron chi connectivity index (χ2n) is 11.5. The van der Waals surface area contributed by atoms with Gasteiger partial charge in [0.15, 0.2) is 17.0 Å². The Kier molecular flexibility index (Phi) is 7.47. The minimum atomic E-state index is -1.30. The molecule has 0 bridgehead atoms. The molecule has 1 saturated heterocycles. The maximum atomic E-state index is 15.1. The number of anilines is 2. The number of nitrogens with one attached hydrogen (secondary N) is 3. The lowest BCUT2D eigenvalue weighted by atomic mass is 9.97. The zero-order chi connectivity index (χ0) is 30.2. The van der Waals surface area contributed by atoms with Crippen LogP contribution in [-0.4, -0.2) is 73.0 Å². The van der Waals surface area contributed by atoms with Gasteiger partial charge in [-0.2, -0.15) is 0 Å². The van der Waals surface area contributed by atoms with Crippen molar-refractivity contribution in [2.24, 2.45) is 0 Å². The van der Waals surface area contributed by atoms with Crippen molar-refractivity contribution in [3.05, 3.63) is 48.3 Å². The Bertz CT molecular complexity index is 1560. The zero-order valence-electron chi connectivity index (χ0n) is 23.6. The summed E-state index contributed by atoms with van der Waals surface area (Å²) in [5.41, 5.74) is -0.00761. The molecule has 3 heterocycles. The van der Waals surface area contributed by atoms with Gasteiger partial charge >= 0.3 is 12.2 Å². The summed E-state index contributed by atoms with van der Waals surface area (Å²) in [7, 11) is 0. The number of carbonyl (C=O) groups excluding carboxylic acids is 2. The van der Waals surface area contributed by atoms with E-state index in [0.717, 1.165) is 12.8 Å². The van der Waals surface area contributed by atoms with Crippen molar-refractivity contribution in [2.45, 2.75) is 63.8 Å². The molecule has 14 heteroatoms. The van der Waals surface area contributed by atoms with E-state index in [1.807, 2.05) is 4.90 Å². The molecule has 0 unspecified atom stereocenters. The SMILES string of the molecule is C=Cc1c(F)ccc(N2CC[C@](NC(=O)OC(C)(C)C)(C(=O)NC3CC3)C2)c1Cn1cnc2c(NC(=O)O)ncnc21. The molecule has 0 spiro atoms. The van der Waals surface area contributed by atoms with E-state index in [0.29, 0.717) is 29.9 Å². The number of amides is 3. The van der Waals surface area contributed by atoms with Crippen LogP contribution < -0.4 is 20.9 Å². The Morgan fingerprint density at radius 2 is 2.00 bits per heavy atom. The second-order valence-corrected chi connectivity index (χ2v) is 11.5. The third-order valence-corrected chi connectivity index (χ3v) is 7.14. The van der Waals surface area contributed by atoms with Crippen molar-refractivity contribution < 1.29 is 28.6 Å². The van der Waals surface area contributed by atoms with Crippen LogP contribution in [0.25, 0.3) is 17.2 Å². The molecule has 3 aromatic rings. The van der Waals surface area contributed by atoms with E-state index in [1.54, 1.807) is 31.4 Å². The zero-order valence-corrected chi connectivity index (χ0v) is 23.6. The lowest BCUT2D eigenvalue weighted by Crippen LogP contribution is -2.61. The first-order valence-electron chi connectivity index (χ1n) is 13.6. The summed E-state index contributed by atoms with van der Waals surface area (Å²) in [5.74, 6) is -0.754. The average molecular weight is 581 g/mol. The van der Waals surface area contributed by atoms with E-state index >= 15 is 4.39 Å². The molecule has 4 N–H and O–H groups in total. The lowest BCUT2D eigenvalue weighted by molar-refractivity contribution is -0.127. The van der Waals surface area contributed by atoms with Gasteiger partial charge in [-0.1, -0.05) is 12.7 Å². The van der Waals surface area contributed by atoms with Crippen LogP contribution in [-0.2, 0) is 16.1 Å². The molecule has 42 heavy (non-hydrogen) atoms. The van der Waals surface area contributed by atoms with Gasteiger partial charge in [-0.25, -0.2) is 28.9 Å². The van der Waals surface area contributed by atoms with Crippen molar-refractivity contribution in [2.75, 3.05) is 23.3 Å². The van der Waals surface area contributed by atoms with E-state index in [9.17, 15) is 14.4 Å². The molecule has 3 amide bonds. The molecule has 222 valence electrons. The number of benzene rings is 1. The van der Waals surface area contributed by atoms with E-state index < -0.39 is 29.1 Å². The van der Waals surface area contributed by atoms with Gasteiger partial charge in [0, 0.05) is 29.4 Å². The first kappa shape index (κ1) is 28.8. The molecular weight excluding hydrogens is 547 g/mol. The molecule has 1 saturated carbocycles. The average Bonchev–Trinajstić information content (AvgIpc) is 3.46. The number of hydrogen-bond acceptors (Lipinski definition) is 8. The minimum Gasteiger partial charge on any atom is -0.465 e. The number of halogens is 1. The highest BCUT2D eigenvalue weighted by Gasteiger charge is 2.48. The van der Waals surface area contributed by atoms with Crippen LogP contribution in [0.4, 0.5) is 25.5 Å². The van der Waals surface area contributed by atoms with Crippen LogP contribution in [0, 0.1) is 5.82 Å². The van der Waals surface area contributed by atoms with Crippen LogP contribution >= 0.6 is 0 Å². The summed E-state index contributed by atoms with van der Waals surface area (Å²) >= 11 is 0. The van der Waals surface area contributed by atoms with Gasteiger partial charge in [0.2, 0.25) is 5.91 Å². The number of ether oxygens (including phenoxy) is 1. The molecule has 1 aliphatic heterocycles. The maximum absolute atomic E-state index is 15.1. The molecule has 2 fully saturated rings. The summed E-state index contributed by atoms with van der Waals surface area (Å²) < 4.78 is 22.2. The Morgan fingerprint density at radius 3 is 2.67 bits per heavy atom. The quantitative estimate of drug-likeness (QED) is 0.312. The van der Waals surface area contributed by atoms with Crippen LogP contribution in [0.5, 0.6) is 0 Å². The van der Waals surface area contributed by atoms with E-state index in [-0.39, 0.29) is 41.9 Å². The fraction of sp³-hybridized carbons (Fsp3) is 0.429. The topological polar surface area (TPSA) is 164 Å². The molecule has 1 atom stereocenters. The number of carboxylic acid groups (broad SMARTS) is 1. The van der Waals surface area contributed by atoms with Gasteiger partial charge < -0.3 is 29.9 Å². The molecule has 1 aromatic carbocycles. The summed E-state index contributed by atoms with van der Waals surface area (Å²) in [5, 5.41) is 17.2. The number of carbonyl (C=O) groups is 3. The van der Waals surface area contributed by atoms with Gasteiger partial charge in [-0.05, 0) is 52.2 Å². The monoisotopic (exact) mass is 580 g/mol. The Morgan fingerprint density at radius 1 is 1.24 bits per heavy atom. The minimum absolute atomic E-state index is 0.0221. The van der Waals surface area contributed by atoms with Crippen molar-refractivity contribution in [1.29, 1.82) is 0 Å². The molecule has 2 aliphatic rings. The van der Waals surface area contributed by atoms with Crippen molar-refractivity contribution in [1.82, 2.24) is 30.2 Å². The number of aromatic nitrogens is 4. The van der Waals surface area contributed by atoms with Crippen molar-refractivity contribution in [3.8, 4) is 0 Å². The third kappa shape index (κ3) is 5.97. The number of rotatable bonds is 8. The summed E-state index contributed by atoms with van der Waals surface area (Å²) in [6.07, 6.45) is 4.17. The summed E-state index contributed by atoms with van der Waals surface area (Å²) in [6, 6.07) is 3.05. The number of imidazole rings is 1. The number of nitrogens with zero attached hydrogens (tertiary/aromatic N) is 5. The number of fused-ring (bicyclic) bond motifs is 1. The van der Waals surface area contributed by atoms with Crippen LogP contribution in [0.1, 0.15) is 51.2 Å². The fourth-order valence-corrected chi connectivity index (χ4v) is 5.08. The predicted molar refractivity (Wildman–Crippen MR) is 153 cm³/mol. The lowest BCUT2D eigenvalue weighted by Gasteiger charge is -2.32. The van der Waals surface area contributed by atoms with Crippen LogP contribution in [0.15, 0.2) is 31.4 Å². The Labute approximate surface area is 241 Å². The van der Waals surface area contributed by atoms with E-state index in [2.05, 4.69) is 37.5 Å². The summed E-state index contributed by atoms with van der Waals surface area (Å²) in [6.45, 7) is 9.67. The Balaban J connectivity index is 1.49.